The minimum absolute atomic E-state index is 0.698. The number of hydrogen-bond donors (Lipinski definition) is 1. The van der Waals surface area contributed by atoms with Crippen LogP contribution in [-0.4, -0.2) is 37.1 Å². The summed E-state index contributed by atoms with van der Waals surface area (Å²) in [4.78, 5) is 2.56. The molecule has 0 amide bonds. The maximum absolute atomic E-state index is 5.89. The Morgan fingerprint density at radius 1 is 1.21 bits per heavy atom. The van der Waals surface area contributed by atoms with Crippen molar-refractivity contribution in [1.82, 2.24) is 10.2 Å². The van der Waals surface area contributed by atoms with Crippen molar-refractivity contribution in [2.45, 2.75) is 38.6 Å². The molecule has 1 N–H and O–H groups in total. The van der Waals surface area contributed by atoms with E-state index in [1.54, 1.807) is 0 Å². The lowest BCUT2D eigenvalue weighted by Gasteiger charge is -2.18. The summed E-state index contributed by atoms with van der Waals surface area (Å²) in [5, 5.41) is 4.53. The van der Waals surface area contributed by atoms with Crippen molar-refractivity contribution < 1.29 is 0 Å². The summed E-state index contributed by atoms with van der Waals surface area (Å²) >= 11 is 5.89. The van der Waals surface area contributed by atoms with Crippen molar-refractivity contribution in [3.8, 4) is 0 Å². The molecule has 1 aromatic rings. The van der Waals surface area contributed by atoms with E-state index in [-0.39, 0.29) is 0 Å². The highest BCUT2D eigenvalue weighted by Gasteiger charge is 2.14. The van der Waals surface area contributed by atoms with Gasteiger partial charge in [-0.2, -0.15) is 0 Å². The third kappa shape index (κ3) is 5.13. The fourth-order valence-electron chi connectivity index (χ4n) is 2.75. The standard InChI is InChI=1S/C16H25ClN2/c1-2-19-12-3-4-16(10-13-19)18-11-9-14-5-7-15(17)8-6-14/h5-8,16,18H,2-4,9-13H2,1H3. The predicted molar refractivity (Wildman–Crippen MR) is 82.9 cm³/mol. The zero-order valence-electron chi connectivity index (χ0n) is 11.9. The van der Waals surface area contributed by atoms with Crippen LogP contribution < -0.4 is 5.32 Å². The molecular weight excluding hydrogens is 256 g/mol. The largest absolute Gasteiger partial charge is 0.314 e. The van der Waals surface area contributed by atoms with Crippen LogP contribution in [0.3, 0.4) is 0 Å². The number of nitrogens with one attached hydrogen (secondary N) is 1. The Morgan fingerprint density at radius 2 is 2.00 bits per heavy atom. The van der Waals surface area contributed by atoms with Crippen LogP contribution >= 0.6 is 11.6 Å². The first-order chi connectivity index (χ1) is 9.28. The fourth-order valence-corrected chi connectivity index (χ4v) is 2.87. The van der Waals surface area contributed by atoms with Gasteiger partial charge >= 0.3 is 0 Å². The molecule has 2 rings (SSSR count). The molecule has 0 aromatic heterocycles. The van der Waals surface area contributed by atoms with Gasteiger partial charge in [-0.15, -0.1) is 0 Å². The molecule has 1 saturated heterocycles. The average Bonchev–Trinajstić information content (AvgIpc) is 2.66. The Bertz CT molecular complexity index is 364. The molecule has 0 radical (unpaired) electrons. The Kier molecular flexibility index (Phi) is 6.15. The molecule has 3 heteroatoms. The number of hydrogen-bond acceptors (Lipinski definition) is 2. The van der Waals surface area contributed by atoms with E-state index in [1.807, 2.05) is 12.1 Å². The van der Waals surface area contributed by atoms with Gasteiger partial charge < -0.3 is 10.2 Å². The molecule has 1 heterocycles. The van der Waals surface area contributed by atoms with Gasteiger partial charge in [0.15, 0.2) is 0 Å². The highest BCUT2D eigenvalue weighted by Crippen LogP contribution is 2.12. The van der Waals surface area contributed by atoms with Gasteiger partial charge in [-0.05, 0) is 69.6 Å². The molecule has 1 aliphatic heterocycles. The number of rotatable bonds is 5. The van der Waals surface area contributed by atoms with E-state index in [0.29, 0.717) is 6.04 Å². The maximum atomic E-state index is 5.89. The number of nitrogens with zero attached hydrogens (tertiary/aromatic N) is 1. The van der Waals surface area contributed by atoms with Crippen molar-refractivity contribution in [2.75, 3.05) is 26.2 Å². The second-order valence-electron chi connectivity index (χ2n) is 5.39. The normalized spacial score (nSPS) is 21.3. The maximum Gasteiger partial charge on any atom is 0.0406 e. The van der Waals surface area contributed by atoms with Crippen LogP contribution in [0.5, 0.6) is 0 Å². The van der Waals surface area contributed by atoms with Crippen molar-refractivity contribution in [3.05, 3.63) is 34.9 Å². The van der Waals surface area contributed by atoms with Crippen LogP contribution in [0.2, 0.25) is 5.02 Å². The summed E-state index contributed by atoms with van der Waals surface area (Å²) in [7, 11) is 0. The number of likely N-dealkylation sites (tertiary alicyclic amines) is 1. The Hall–Kier alpha value is -0.570. The Labute approximate surface area is 122 Å². The highest BCUT2D eigenvalue weighted by atomic mass is 35.5. The highest BCUT2D eigenvalue weighted by molar-refractivity contribution is 6.30. The van der Waals surface area contributed by atoms with E-state index in [9.17, 15) is 0 Å². The summed E-state index contributed by atoms with van der Waals surface area (Å²) in [6.07, 6.45) is 5.02. The van der Waals surface area contributed by atoms with Gasteiger partial charge in [0.05, 0.1) is 0 Å². The zero-order valence-corrected chi connectivity index (χ0v) is 12.6. The first-order valence-corrected chi connectivity index (χ1v) is 7.86. The second kappa shape index (κ2) is 7.88. The van der Waals surface area contributed by atoms with Crippen LogP contribution in [0.1, 0.15) is 31.7 Å². The van der Waals surface area contributed by atoms with E-state index in [2.05, 4.69) is 29.3 Å². The van der Waals surface area contributed by atoms with Gasteiger partial charge in [0, 0.05) is 11.1 Å². The first-order valence-electron chi connectivity index (χ1n) is 7.48. The molecule has 0 spiro atoms. The summed E-state index contributed by atoms with van der Waals surface area (Å²) in [6.45, 7) is 7.03. The molecular formula is C16H25ClN2. The van der Waals surface area contributed by atoms with Crippen LogP contribution in [0.25, 0.3) is 0 Å². The Balaban J connectivity index is 1.69. The average molecular weight is 281 g/mol. The molecule has 1 aliphatic rings. The van der Waals surface area contributed by atoms with E-state index >= 15 is 0 Å². The molecule has 2 nitrogen and oxygen atoms in total. The predicted octanol–water partition coefficient (Wildman–Crippen LogP) is 3.35. The van der Waals surface area contributed by atoms with Crippen LogP contribution in [0, 0.1) is 0 Å². The van der Waals surface area contributed by atoms with Crippen molar-refractivity contribution in [3.63, 3.8) is 0 Å². The molecule has 0 saturated carbocycles. The SMILES string of the molecule is CCN1CCCC(NCCc2ccc(Cl)cc2)CC1. The zero-order chi connectivity index (χ0) is 13.5. The number of halogens is 1. The van der Waals surface area contributed by atoms with E-state index in [4.69, 9.17) is 11.6 Å². The summed E-state index contributed by atoms with van der Waals surface area (Å²) in [5.74, 6) is 0. The van der Waals surface area contributed by atoms with E-state index in [1.165, 1.54) is 44.5 Å². The van der Waals surface area contributed by atoms with Gasteiger partial charge in [0.1, 0.15) is 0 Å². The van der Waals surface area contributed by atoms with Crippen LogP contribution in [-0.2, 0) is 6.42 Å². The second-order valence-corrected chi connectivity index (χ2v) is 5.83. The van der Waals surface area contributed by atoms with Gasteiger partial charge in [0.2, 0.25) is 0 Å². The number of benzene rings is 1. The van der Waals surface area contributed by atoms with Crippen LogP contribution in [0.15, 0.2) is 24.3 Å². The molecule has 19 heavy (non-hydrogen) atoms. The summed E-state index contributed by atoms with van der Waals surface area (Å²) in [6, 6.07) is 8.89. The smallest absolute Gasteiger partial charge is 0.0406 e. The molecule has 106 valence electrons. The quantitative estimate of drug-likeness (QED) is 0.890. The monoisotopic (exact) mass is 280 g/mol. The topological polar surface area (TPSA) is 15.3 Å². The minimum atomic E-state index is 0.698. The lowest BCUT2D eigenvalue weighted by Crippen LogP contribution is -2.32. The van der Waals surface area contributed by atoms with E-state index < -0.39 is 0 Å². The minimum Gasteiger partial charge on any atom is -0.314 e. The van der Waals surface area contributed by atoms with Gasteiger partial charge in [-0.3, -0.25) is 0 Å². The molecule has 1 atom stereocenters. The van der Waals surface area contributed by atoms with E-state index in [0.717, 1.165) is 18.0 Å². The summed E-state index contributed by atoms with van der Waals surface area (Å²) < 4.78 is 0. The lowest BCUT2D eigenvalue weighted by molar-refractivity contribution is 0.297. The van der Waals surface area contributed by atoms with Gasteiger partial charge in [-0.25, -0.2) is 0 Å². The van der Waals surface area contributed by atoms with Crippen LogP contribution in [0.4, 0.5) is 0 Å². The fraction of sp³-hybridized carbons (Fsp3) is 0.625. The first kappa shape index (κ1) is 14.8. The van der Waals surface area contributed by atoms with Gasteiger partial charge in [-0.1, -0.05) is 30.7 Å². The lowest BCUT2D eigenvalue weighted by atomic mass is 10.1. The van der Waals surface area contributed by atoms with Crippen molar-refractivity contribution in [1.29, 1.82) is 0 Å². The third-order valence-corrected chi connectivity index (χ3v) is 4.28. The van der Waals surface area contributed by atoms with Crippen molar-refractivity contribution in [2.24, 2.45) is 0 Å². The van der Waals surface area contributed by atoms with Gasteiger partial charge in [0.25, 0.3) is 0 Å². The third-order valence-electron chi connectivity index (χ3n) is 4.03. The molecule has 1 fully saturated rings. The molecule has 0 bridgehead atoms. The molecule has 1 unspecified atom stereocenters. The molecule has 0 aliphatic carbocycles. The van der Waals surface area contributed by atoms with Crippen molar-refractivity contribution >= 4 is 11.6 Å². The Morgan fingerprint density at radius 3 is 2.74 bits per heavy atom. The molecule has 1 aromatic carbocycles. The summed E-state index contributed by atoms with van der Waals surface area (Å²) in [5.41, 5.74) is 1.36.